The molecule has 0 heterocycles. The van der Waals surface area contributed by atoms with E-state index in [1.165, 1.54) is 61.3 Å². The first kappa shape index (κ1) is 19.4. The normalized spacial score (nSPS) is 17.9. The van der Waals surface area contributed by atoms with Gasteiger partial charge in [-0.25, -0.2) is 0 Å². The first-order valence-corrected chi connectivity index (χ1v) is 12.1. The van der Waals surface area contributed by atoms with Crippen LogP contribution in [-0.4, -0.2) is 0 Å². The van der Waals surface area contributed by atoms with E-state index in [-0.39, 0.29) is 0 Å². The van der Waals surface area contributed by atoms with Crippen LogP contribution in [0.15, 0.2) is 132 Å². The van der Waals surface area contributed by atoms with Crippen molar-refractivity contribution in [3.63, 3.8) is 0 Å². The molecule has 0 saturated carbocycles. The first-order valence-electron chi connectivity index (χ1n) is 12.1. The molecular formula is C33H25N. The van der Waals surface area contributed by atoms with E-state index in [0.29, 0.717) is 5.92 Å². The van der Waals surface area contributed by atoms with Gasteiger partial charge in [-0.1, -0.05) is 85.0 Å². The van der Waals surface area contributed by atoms with Gasteiger partial charge in [0, 0.05) is 23.0 Å². The van der Waals surface area contributed by atoms with E-state index in [2.05, 4.69) is 127 Å². The van der Waals surface area contributed by atoms with Gasteiger partial charge in [-0.2, -0.15) is 0 Å². The van der Waals surface area contributed by atoms with Crippen molar-refractivity contribution >= 4 is 27.7 Å². The highest BCUT2D eigenvalue weighted by Crippen LogP contribution is 2.53. The van der Waals surface area contributed by atoms with Crippen LogP contribution in [0.5, 0.6) is 0 Å². The molecule has 0 radical (unpaired) electrons. The second-order valence-electron chi connectivity index (χ2n) is 9.34. The van der Waals surface area contributed by atoms with Crippen molar-refractivity contribution in [3.8, 4) is 0 Å². The quantitative estimate of drug-likeness (QED) is 0.311. The molecule has 0 aromatic heterocycles. The molecule has 1 atom stereocenters. The van der Waals surface area contributed by atoms with E-state index in [1.54, 1.807) is 0 Å². The lowest BCUT2D eigenvalue weighted by Crippen LogP contribution is -2.24. The minimum atomic E-state index is 0.296. The third-order valence-corrected chi connectivity index (χ3v) is 7.47. The van der Waals surface area contributed by atoms with Crippen LogP contribution in [0.4, 0.5) is 11.4 Å². The Balaban J connectivity index is 1.51. The van der Waals surface area contributed by atoms with Crippen molar-refractivity contribution in [3.05, 3.63) is 149 Å². The first-order chi connectivity index (χ1) is 16.8. The van der Waals surface area contributed by atoms with Crippen molar-refractivity contribution in [2.24, 2.45) is 0 Å². The standard InChI is InChI=1S/C33H25N/c1-22-18-19-28-29-20-21-31(34(23-10-4-2-5-11-23)24-12-6-3-7-13-24)30-17-9-16-27(33(29)30)26-15-8-14-25(22)32(26)28/h2-16,18-21,29H,17H2,1H3. The van der Waals surface area contributed by atoms with Crippen LogP contribution in [0.3, 0.4) is 0 Å². The second-order valence-corrected chi connectivity index (χ2v) is 9.34. The summed E-state index contributed by atoms with van der Waals surface area (Å²) < 4.78 is 0. The van der Waals surface area contributed by atoms with Gasteiger partial charge in [0.05, 0.1) is 0 Å². The lowest BCUT2D eigenvalue weighted by Gasteiger charge is -2.38. The van der Waals surface area contributed by atoms with Crippen LogP contribution in [0, 0.1) is 6.92 Å². The van der Waals surface area contributed by atoms with Gasteiger partial charge in [0.15, 0.2) is 0 Å². The molecule has 7 rings (SSSR count). The highest BCUT2D eigenvalue weighted by molar-refractivity contribution is 6.05. The molecule has 1 unspecified atom stereocenters. The average Bonchev–Trinajstić information content (AvgIpc) is 2.90. The van der Waals surface area contributed by atoms with Crippen LogP contribution >= 0.6 is 0 Å². The minimum absolute atomic E-state index is 0.296. The number of aryl methyl sites for hydroxylation is 1. The smallest absolute Gasteiger partial charge is 0.0497 e. The molecule has 162 valence electrons. The molecule has 34 heavy (non-hydrogen) atoms. The molecule has 0 aliphatic heterocycles. The lowest BCUT2D eigenvalue weighted by atomic mass is 9.69. The van der Waals surface area contributed by atoms with Gasteiger partial charge in [-0.3, -0.25) is 0 Å². The number of rotatable bonds is 3. The van der Waals surface area contributed by atoms with Crippen molar-refractivity contribution in [1.82, 2.24) is 0 Å². The molecule has 0 N–H and O–H groups in total. The van der Waals surface area contributed by atoms with E-state index in [4.69, 9.17) is 0 Å². The van der Waals surface area contributed by atoms with E-state index in [9.17, 15) is 0 Å². The van der Waals surface area contributed by atoms with Crippen molar-refractivity contribution < 1.29 is 0 Å². The Bertz CT molecular complexity index is 1530. The highest BCUT2D eigenvalue weighted by atomic mass is 15.1. The topological polar surface area (TPSA) is 3.24 Å². The maximum absolute atomic E-state index is 2.42. The average molecular weight is 436 g/mol. The van der Waals surface area contributed by atoms with Gasteiger partial charge in [-0.15, -0.1) is 0 Å². The van der Waals surface area contributed by atoms with Gasteiger partial charge in [0.25, 0.3) is 0 Å². The van der Waals surface area contributed by atoms with Crippen molar-refractivity contribution in [1.29, 1.82) is 0 Å². The number of hydrogen-bond donors (Lipinski definition) is 0. The molecule has 0 bridgehead atoms. The molecule has 0 saturated heterocycles. The van der Waals surface area contributed by atoms with Gasteiger partial charge < -0.3 is 4.90 Å². The van der Waals surface area contributed by atoms with Crippen LogP contribution in [-0.2, 0) is 0 Å². The summed E-state index contributed by atoms with van der Waals surface area (Å²) >= 11 is 0. The van der Waals surface area contributed by atoms with Crippen molar-refractivity contribution in [2.75, 3.05) is 4.90 Å². The predicted molar refractivity (Wildman–Crippen MR) is 143 cm³/mol. The Kier molecular flexibility index (Phi) is 4.25. The summed E-state index contributed by atoms with van der Waals surface area (Å²) in [7, 11) is 0. The van der Waals surface area contributed by atoms with E-state index in [1.807, 2.05) is 0 Å². The summed E-state index contributed by atoms with van der Waals surface area (Å²) in [6, 6.07) is 32.9. The number of para-hydroxylation sites is 2. The highest BCUT2D eigenvalue weighted by Gasteiger charge is 2.35. The molecule has 0 amide bonds. The summed E-state index contributed by atoms with van der Waals surface area (Å²) in [6.07, 6.45) is 10.4. The molecule has 0 fully saturated rings. The second kappa shape index (κ2) is 7.46. The van der Waals surface area contributed by atoms with E-state index < -0.39 is 0 Å². The Hall–Kier alpha value is -4.10. The zero-order valence-electron chi connectivity index (χ0n) is 19.2. The molecular weight excluding hydrogens is 410 g/mol. The summed E-state index contributed by atoms with van der Waals surface area (Å²) in [4.78, 5) is 2.41. The van der Waals surface area contributed by atoms with Gasteiger partial charge in [0.2, 0.25) is 0 Å². The molecule has 3 aliphatic carbocycles. The summed E-state index contributed by atoms with van der Waals surface area (Å²) in [5.74, 6) is 0.296. The number of anilines is 2. The van der Waals surface area contributed by atoms with E-state index in [0.717, 1.165) is 6.42 Å². The maximum atomic E-state index is 2.42. The monoisotopic (exact) mass is 435 g/mol. The van der Waals surface area contributed by atoms with Gasteiger partial charge in [-0.05, 0) is 87.9 Å². The third-order valence-electron chi connectivity index (χ3n) is 7.47. The number of nitrogens with zero attached hydrogens (tertiary/aromatic N) is 1. The van der Waals surface area contributed by atoms with Crippen molar-refractivity contribution in [2.45, 2.75) is 19.3 Å². The summed E-state index contributed by atoms with van der Waals surface area (Å²) in [6.45, 7) is 2.22. The summed E-state index contributed by atoms with van der Waals surface area (Å²) in [5, 5.41) is 2.80. The summed E-state index contributed by atoms with van der Waals surface area (Å²) in [5.41, 5.74) is 12.1. The largest absolute Gasteiger partial charge is 0.310 e. The van der Waals surface area contributed by atoms with Crippen LogP contribution in [0.1, 0.15) is 29.0 Å². The molecule has 0 spiro atoms. The van der Waals surface area contributed by atoms with Gasteiger partial charge >= 0.3 is 0 Å². The number of allylic oxidation sites excluding steroid dienone is 7. The molecule has 4 aromatic rings. The maximum Gasteiger partial charge on any atom is 0.0497 e. The van der Waals surface area contributed by atoms with Crippen LogP contribution < -0.4 is 4.90 Å². The molecule has 1 nitrogen and oxygen atoms in total. The molecule has 3 aliphatic rings. The third kappa shape index (κ3) is 2.74. The zero-order valence-corrected chi connectivity index (χ0v) is 19.2. The Morgan fingerprint density at radius 2 is 1.47 bits per heavy atom. The minimum Gasteiger partial charge on any atom is -0.310 e. The lowest BCUT2D eigenvalue weighted by molar-refractivity contribution is 0.930. The fourth-order valence-corrected chi connectivity index (χ4v) is 5.99. The fraction of sp³-hybridized carbons (Fsp3) is 0.0909. The van der Waals surface area contributed by atoms with Crippen LogP contribution in [0.2, 0.25) is 0 Å². The fourth-order valence-electron chi connectivity index (χ4n) is 5.99. The Morgan fingerprint density at radius 1 is 0.735 bits per heavy atom. The Labute approximate surface area is 200 Å². The van der Waals surface area contributed by atoms with Gasteiger partial charge in [0.1, 0.15) is 0 Å². The predicted octanol–water partition coefficient (Wildman–Crippen LogP) is 8.62. The Morgan fingerprint density at radius 3 is 2.21 bits per heavy atom. The van der Waals surface area contributed by atoms with E-state index >= 15 is 0 Å². The SMILES string of the molecule is Cc1ccc2c3c(cccc13)C1=C3C(=C(N(c4ccccc4)c4ccccc4)C=CC32)CC=C1. The number of hydrogen-bond acceptors (Lipinski definition) is 1. The van der Waals surface area contributed by atoms with Crippen LogP contribution in [0.25, 0.3) is 16.3 Å². The zero-order chi connectivity index (χ0) is 22.6. The number of fused-ring (bicyclic) bond motifs is 2. The molecule has 4 aromatic carbocycles. The number of benzene rings is 4. The molecule has 1 heteroatoms.